The second kappa shape index (κ2) is 6.28. The fraction of sp³-hybridized carbons (Fsp3) is 0.154. The molecule has 3 rings (SSSR count). The number of aryl methyl sites for hydroxylation is 1. The molecule has 0 radical (unpaired) electrons. The maximum atomic E-state index is 12.1. The topological polar surface area (TPSA) is 121 Å². The van der Waals surface area contributed by atoms with Gasteiger partial charge in [0.15, 0.2) is 11.6 Å². The van der Waals surface area contributed by atoms with E-state index in [0.717, 1.165) is 0 Å². The number of rotatable bonds is 5. The summed E-state index contributed by atoms with van der Waals surface area (Å²) in [6, 6.07) is 4.78. The van der Waals surface area contributed by atoms with Gasteiger partial charge in [0.25, 0.3) is 5.91 Å². The van der Waals surface area contributed by atoms with Crippen molar-refractivity contribution in [3.05, 3.63) is 56.7 Å². The summed E-state index contributed by atoms with van der Waals surface area (Å²) in [6.07, 6.45) is 3.17. The van der Waals surface area contributed by atoms with Crippen molar-refractivity contribution in [2.45, 2.75) is 6.54 Å². The van der Waals surface area contributed by atoms with E-state index in [9.17, 15) is 14.9 Å². The fourth-order valence-electron chi connectivity index (χ4n) is 2.00. The molecule has 0 spiro atoms. The standard InChI is InChI=1S/C13H11BrN6O4/c1-18-5-4-11(16-18)15-13(21)10-3-2-8(24-10)6-19-7-9(14)12(17-19)20(22)23/h2-5,7H,6H2,1H3,(H,15,16,21). The number of carbonyl (C=O) groups excluding carboxylic acids is 1. The van der Waals surface area contributed by atoms with Crippen LogP contribution in [0.1, 0.15) is 16.3 Å². The van der Waals surface area contributed by atoms with E-state index >= 15 is 0 Å². The van der Waals surface area contributed by atoms with E-state index in [4.69, 9.17) is 4.42 Å². The minimum Gasteiger partial charge on any atom is -0.454 e. The number of aromatic nitrogens is 4. The number of amides is 1. The molecular weight excluding hydrogens is 384 g/mol. The van der Waals surface area contributed by atoms with Crippen molar-refractivity contribution in [1.29, 1.82) is 0 Å². The highest BCUT2D eigenvalue weighted by Gasteiger charge is 2.20. The van der Waals surface area contributed by atoms with Crippen LogP contribution >= 0.6 is 15.9 Å². The fourth-order valence-corrected chi connectivity index (χ4v) is 2.46. The number of halogens is 1. The summed E-state index contributed by atoms with van der Waals surface area (Å²) in [5, 5.41) is 21.2. The maximum absolute atomic E-state index is 12.1. The van der Waals surface area contributed by atoms with Gasteiger partial charge in [0.05, 0.1) is 11.3 Å². The van der Waals surface area contributed by atoms with Gasteiger partial charge in [-0.25, -0.2) is 0 Å². The maximum Gasteiger partial charge on any atom is 0.404 e. The number of nitrogens with zero attached hydrogens (tertiary/aromatic N) is 5. The molecule has 124 valence electrons. The zero-order chi connectivity index (χ0) is 17.3. The van der Waals surface area contributed by atoms with Gasteiger partial charge in [0.2, 0.25) is 0 Å². The molecule has 0 atom stereocenters. The smallest absolute Gasteiger partial charge is 0.404 e. The zero-order valence-electron chi connectivity index (χ0n) is 12.3. The molecule has 0 saturated heterocycles. The largest absolute Gasteiger partial charge is 0.454 e. The first-order valence-corrected chi connectivity index (χ1v) is 7.49. The Morgan fingerprint density at radius 3 is 2.83 bits per heavy atom. The summed E-state index contributed by atoms with van der Waals surface area (Å²) in [6.45, 7) is 0.156. The molecule has 1 amide bonds. The van der Waals surface area contributed by atoms with E-state index in [1.807, 2.05) is 0 Å². The van der Waals surface area contributed by atoms with Crippen LogP contribution in [0.3, 0.4) is 0 Å². The highest BCUT2D eigenvalue weighted by atomic mass is 79.9. The first-order chi connectivity index (χ1) is 11.4. The van der Waals surface area contributed by atoms with Crippen LogP contribution in [0.4, 0.5) is 11.6 Å². The van der Waals surface area contributed by atoms with Crippen LogP contribution in [0.5, 0.6) is 0 Å². The van der Waals surface area contributed by atoms with Gasteiger partial charge in [-0.2, -0.15) is 9.78 Å². The number of nitro groups is 1. The van der Waals surface area contributed by atoms with Crippen molar-refractivity contribution in [3.63, 3.8) is 0 Å². The SMILES string of the molecule is Cn1ccc(NC(=O)c2ccc(Cn3cc(Br)c([N+](=O)[O-])n3)o2)n1. The normalized spacial score (nSPS) is 10.8. The van der Waals surface area contributed by atoms with E-state index in [1.54, 1.807) is 30.1 Å². The Hall–Kier alpha value is -2.95. The molecule has 0 unspecified atom stereocenters. The average Bonchev–Trinajstić information content (AvgIpc) is 3.20. The molecule has 0 aliphatic carbocycles. The van der Waals surface area contributed by atoms with E-state index < -0.39 is 10.8 Å². The molecule has 0 bridgehead atoms. The highest BCUT2D eigenvalue weighted by molar-refractivity contribution is 9.10. The van der Waals surface area contributed by atoms with E-state index in [0.29, 0.717) is 11.6 Å². The third-order valence-corrected chi connectivity index (χ3v) is 3.59. The van der Waals surface area contributed by atoms with Gasteiger partial charge in [0, 0.05) is 19.3 Å². The lowest BCUT2D eigenvalue weighted by molar-refractivity contribution is -0.390. The molecule has 1 N–H and O–H groups in total. The summed E-state index contributed by atoms with van der Waals surface area (Å²) in [7, 11) is 1.74. The highest BCUT2D eigenvalue weighted by Crippen LogP contribution is 2.23. The summed E-state index contributed by atoms with van der Waals surface area (Å²) in [5.41, 5.74) is 0. The van der Waals surface area contributed by atoms with Gasteiger partial charge in [-0.15, -0.1) is 0 Å². The third kappa shape index (κ3) is 3.35. The van der Waals surface area contributed by atoms with Gasteiger partial charge in [0.1, 0.15) is 16.8 Å². The van der Waals surface area contributed by atoms with E-state index in [-0.39, 0.29) is 22.6 Å². The molecule has 0 fully saturated rings. The van der Waals surface area contributed by atoms with Crippen LogP contribution in [0, 0.1) is 10.1 Å². The Labute approximate surface area is 143 Å². The number of furan rings is 1. The summed E-state index contributed by atoms with van der Waals surface area (Å²) in [4.78, 5) is 22.2. The van der Waals surface area contributed by atoms with Gasteiger partial charge in [-0.3, -0.25) is 9.48 Å². The van der Waals surface area contributed by atoms with Gasteiger partial charge in [-0.1, -0.05) is 0 Å². The number of hydrogen-bond acceptors (Lipinski definition) is 6. The average molecular weight is 395 g/mol. The lowest BCUT2D eigenvalue weighted by Gasteiger charge is -1.98. The van der Waals surface area contributed by atoms with Crippen molar-refractivity contribution < 1.29 is 14.1 Å². The first kappa shape index (κ1) is 15.9. The molecule has 3 aromatic rings. The second-order valence-corrected chi connectivity index (χ2v) is 5.70. The van der Waals surface area contributed by atoms with Crippen molar-refractivity contribution in [1.82, 2.24) is 19.6 Å². The van der Waals surface area contributed by atoms with Crippen LogP contribution in [0.2, 0.25) is 0 Å². The minimum absolute atomic E-state index is 0.108. The quantitative estimate of drug-likeness (QED) is 0.522. The van der Waals surface area contributed by atoms with Gasteiger partial charge in [-0.05, 0) is 33.0 Å². The number of carbonyl (C=O) groups is 1. The van der Waals surface area contributed by atoms with Crippen LogP contribution < -0.4 is 5.32 Å². The van der Waals surface area contributed by atoms with Crippen molar-refractivity contribution in [3.8, 4) is 0 Å². The predicted octanol–water partition coefficient (Wildman–Crippen LogP) is 2.18. The van der Waals surface area contributed by atoms with E-state index in [2.05, 4.69) is 31.4 Å². The molecule has 11 heteroatoms. The zero-order valence-corrected chi connectivity index (χ0v) is 13.9. The molecular formula is C13H11BrN6O4. The van der Waals surface area contributed by atoms with Gasteiger partial charge >= 0.3 is 5.82 Å². The number of nitrogens with one attached hydrogen (secondary N) is 1. The summed E-state index contributed by atoms with van der Waals surface area (Å²) in [5.74, 6) is 0.233. The first-order valence-electron chi connectivity index (χ1n) is 6.69. The monoisotopic (exact) mass is 394 g/mol. The number of hydrogen-bond donors (Lipinski definition) is 1. The molecule has 3 aromatic heterocycles. The summed E-state index contributed by atoms with van der Waals surface area (Å²) < 4.78 is 8.63. The second-order valence-electron chi connectivity index (χ2n) is 4.85. The van der Waals surface area contributed by atoms with Crippen LogP contribution in [-0.2, 0) is 13.6 Å². The van der Waals surface area contributed by atoms with Crippen LogP contribution in [-0.4, -0.2) is 30.4 Å². The third-order valence-electron chi connectivity index (χ3n) is 3.03. The Kier molecular flexibility index (Phi) is 4.16. The minimum atomic E-state index is -0.589. The summed E-state index contributed by atoms with van der Waals surface area (Å²) >= 11 is 3.07. The lowest BCUT2D eigenvalue weighted by atomic mass is 10.4. The van der Waals surface area contributed by atoms with Crippen molar-refractivity contribution in [2.24, 2.45) is 7.05 Å². The number of anilines is 1. The van der Waals surface area contributed by atoms with Gasteiger partial charge < -0.3 is 19.8 Å². The molecule has 0 aliphatic heterocycles. The van der Waals surface area contributed by atoms with Crippen LogP contribution in [0.25, 0.3) is 0 Å². The predicted molar refractivity (Wildman–Crippen MR) is 85.6 cm³/mol. The lowest BCUT2D eigenvalue weighted by Crippen LogP contribution is -2.11. The van der Waals surface area contributed by atoms with E-state index in [1.165, 1.54) is 16.9 Å². The molecule has 10 nitrogen and oxygen atoms in total. The Bertz CT molecular complexity index is 911. The molecule has 3 heterocycles. The van der Waals surface area contributed by atoms with Crippen molar-refractivity contribution >= 4 is 33.5 Å². The Morgan fingerprint density at radius 1 is 1.42 bits per heavy atom. The van der Waals surface area contributed by atoms with Crippen molar-refractivity contribution in [2.75, 3.05) is 5.32 Å². The molecule has 24 heavy (non-hydrogen) atoms. The molecule has 0 aromatic carbocycles. The van der Waals surface area contributed by atoms with Crippen LogP contribution in [0.15, 0.2) is 39.5 Å². The Balaban J connectivity index is 1.70. The molecule has 0 aliphatic rings. The Morgan fingerprint density at radius 2 is 2.21 bits per heavy atom. The molecule has 0 saturated carbocycles.